The van der Waals surface area contributed by atoms with Gasteiger partial charge in [-0.15, -0.1) is 0 Å². The molecule has 0 spiro atoms. The van der Waals surface area contributed by atoms with Crippen LogP contribution in [0.25, 0.3) is 0 Å². The van der Waals surface area contributed by atoms with E-state index in [4.69, 9.17) is 9.47 Å². The van der Waals surface area contributed by atoms with Gasteiger partial charge in [0.05, 0.1) is 12.7 Å². The lowest BCUT2D eigenvalue weighted by Gasteiger charge is -2.21. The van der Waals surface area contributed by atoms with Gasteiger partial charge in [-0.25, -0.2) is 0 Å². The Hall–Kier alpha value is -0.120. The third kappa shape index (κ3) is 30.1. The first-order chi connectivity index (χ1) is 17.7. The number of hydrogen-bond donors (Lipinski definition) is 0. The summed E-state index contributed by atoms with van der Waals surface area (Å²) < 4.78 is 12.2. The van der Waals surface area contributed by atoms with E-state index in [1.807, 2.05) is 0 Å². The number of rotatable bonds is 31. The fraction of sp³-hybridized carbons (Fsp3) is 1.00. The zero-order valence-corrected chi connectivity index (χ0v) is 25.6. The lowest BCUT2D eigenvalue weighted by molar-refractivity contribution is -0.0287. The third-order valence-electron chi connectivity index (χ3n) is 7.37. The topological polar surface area (TPSA) is 21.7 Å². The second-order valence-electron chi connectivity index (χ2n) is 11.6. The van der Waals surface area contributed by atoms with Gasteiger partial charge in [0.1, 0.15) is 0 Å². The van der Waals surface area contributed by atoms with E-state index in [0.29, 0.717) is 0 Å². The highest BCUT2D eigenvalue weighted by atomic mass is 16.5. The molecule has 0 aromatic rings. The molecule has 1 atom stereocenters. The van der Waals surface area contributed by atoms with Gasteiger partial charge in [-0.2, -0.15) is 0 Å². The predicted molar refractivity (Wildman–Crippen MR) is 161 cm³/mol. The Kier molecular flexibility index (Phi) is 31.0. The van der Waals surface area contributed by atoms with Crippen LogP contribution in [-0.2, 0) is 9.47 Å². The van der Waals surface area contributed by atoms with Crippen LogP contribution >= 0.6 is 0 Å². The summed E-state index contributed by atoms with van der Waals surface area (Å²) in [5.41, 5.74) is 0. The molecule has 0 heterocycles. The summed E-state index contributed by atoms with van der Waals surface area (Å²) in [4.78, 5) is 2.22. The molecule has 0 aliphatic rings. The Morgan fingerprint density at radius 2 is 0.778 bits per heavy atom. The van der Waals surface area contributed by atoms with Gasteiger partial charge in [0.25, 0.3) is 0 Å². The molecule has 0 aromatic carbocycles. The molecular formula is C33H69NO2. The molecule has 0 saturated carbocycles. The zero-order chi connectivity index (χ0) is 26.4. The van der Waals surface area contributed by atoms with Crippen molar-refractivity contribution in [3.63, 3.8) is 0 Å². The van der Waals surface area contributed by atoms with Gasteiger partial charge in [0.15, 0.2) is 0 Å². The van der Waals surface area contributed by atoms with Gasteiger partial charge >= 0.3 is 0 Å². The number of likely N-dealkylation sites (N-methyl/N-ethyl adjacent to an activating group) is 1. The summed E-state index contributed by atoms with van der Waals surface area (Å²) in [7, 11) is 4.26. The maximum atomic E-state index is 6.19. The molecule has 36 heavy (non-hydrogen) atoms. The highest BCUT2D eigenvalue weighted by Gasteiger charge is 2.10. The van der Waals surface area contributed by atoms with Crippen LogP contribution in [0.4, 0.5) is 0 Å². The molecular weight excluding hydrogens is 442 g/mol. The molecule has 0 fully saturated rings. The standard InChI is InChI=1S/C33H69NO2/c1-5-7-9-11-13-15-17-19-21-23-25-27-29-35-32-33(31-34(3)4)36-30-28-26-24-22-20-18-16-14-12-10-8-6-2/h33H,5-32H2,1-4H3/t33-/m0/s1. The Morgan fingerprint density at radius 1 is 0.444 bits per heavy atom. The monoisotopic (exact) mass is 512 g/mol. The van der Waals surface area contributed by atoms with E-state index in [9.17, 15) is 0 Å². The summed E-state index contributed by atoms with van der Waals surface area (Å²) in [6.45, 7) is 8.07. The normalized spacial score (nSPS) is 12.6. The summed E-state index contributed by atoms with van der Waals surface area (Å²) in [5, 5.41) is 0. The largest absolute Gasteiger partial charge is 0.379 e. The minimum absolute atomic E-state index is 0.213. The average molecular weight is 512 g/mol. The third-order valence-corrected chi connectivity index (χ3v) is 7.37. The molecule has 0 saturated heterocycles. The summed E-state index contributed by atoms with van der Waals surface area (Å²) in [6, 6.07) is 0. The minimum atomic E-state index is 0.213. The van der Waals surface area contributed by atoms with Gasteiger partial charge in [-0.3, -0.25) is 0 Å². The van der Waals surface area contributed by atoms with E-state index in [1.165, 1.54) is 154 Å². The van der Waals surface area contributed by atoms with Crippen molar-refractivity contribution < 1.29 is 9.47 Å². The summed E-state index contributed by atoms with van der Waals surface area (Å²) in [5.74, 6) is 0. The van der Waals surface area contributed by atoms with Crippen molar-refractivity contribution in [1.82, 2.24) is 4.90 Å². The van der Waals surface area contributed by atoms with Crippen molar-refractivity contribution >= 4 is 0 Å². The second kappa shape index (κ2) is 31.1. The van der Waals surface area contributed by atoms with E-state index in [1.54, 1.807) is 0 Å². The van der Waals surface area contributed by atoms with Crippen LogP contribution < -0.4 is 0 Å². The predicted octanol–water partition coefficient (Wildman–Crippen LogP) is 10.4. The molecule has 0 aliphatic heterocycles. The molecule has 3 heteroatoms. The first kappa shape index (κ1) is 35.9. The van der Waals surface area contributed by atoms with Crippen LogP contribution in [-0.4, -0.2) is 51.5 Å². The van der Waals surface area contributed by atoms with Gasteiger partial charge in [0, 0.05) is 19.8 Å². The van der Waals surface area contributed by atoms with Gasteiger partial charge in [-0.05, 0) is 26.9 Å². The smallest absolute Gasteiger partial charge is 0.0934 e. The fourth-order valence-corrected chi connectivity index (χ4v) is 5.01. The van der Waals surface area contributed by atoms with E-state index in [-0.39, 0.29) is 6.10 Å². The highest BCUT2D eigenvalue weighted by Crippen LogP contribution is 2.13. The Balaban J connectivity index is 3.49. The number of nitrogens with zero attached hydrogens (tertiary/aromatic N) is 1. The lowest BCUT2D eigenvalue weighted by Crippen LogP contribution is -2.32. The molecule has 3 nitrogen and oxygen atoms in total. The van der Waals surface area contributed by atoms with E-state index >= 15 is 0 Å². The Bertz CT molecular complexity index is 388. The molecule has 0 rings (SSSR count). The van der Waals surface area contributed by atoms with E-state index in [2.05, 4.69) is 32.8 Å². The maximum Gasteiger partial charge on any atom is 0.0934 e. The molecule has 0 amide bonds. The van der Waals surface area contributed by atoms with Crippen LogP contribution in [0.3, 0.4) is 0 Å². The second-order valence-corrected chi connectivity index (χ2v) is 11.6. The minimum Gasteiger partial charge on any atom is -0.379 e. The van der Waals surface area contributed by atoms with Crippen molar-refractivity contribution in [1.29, 1.82) is 0 Å². The van der Waals surface area contributed by atoms with Crippen molar-refractivity contribution in [3.05, 3.63) is 0 Å². The summed E-state index contributed by atoms with van der Waals surface area (Å²) >= 11 is 0. The van der Waals surface area contributed by atoms with Crippen LogP contribution in [0.1, 0.15) is 168 Å². The van der Waals surface area contributed by atoms with Gasteiger partial charge < -0.3 is 14.4 Å². The Labute approximate surface area is 228 Å². The van der Waals surface area contributed by atoms with Crippen LogP contribution in [0.2, 0.25) is 0 Å². The fourth-order valence-electron chi connectivity index (χ4n) is 5.01. The van der Waals surface area contributed by atoms with Gasteiger partial charge in [0.2, 0.25) is 0 Å². The average Bonchev–Trinajstić information content (AvgIpc) is 2.86. The first-order valence-corrected chi connectivity index (χ1v) is 16.5. The highest BCUT2D eigenvalue weighted by molar-refractivity contribution is 4.61. The SMILES string of the molecule is CCCCCCCCCCCCCCOC[C@H](CN(C)C)OCCCCCCCCCCCCCC. The molecule has 0 bridgehead atoms. The summed E-state index contributed by atoms with van der Waals surface area (Å²) in [6.07, 6.45) is 33.6. The van der Waals surface area contributed by atoms with Crippen molar-refractivity contribution in [2.24, 2.45) is 0 Å². The molecule has 0 N–H and O–H groups in total. The van der Waals surface area contributed by atoms with Crippen molar-refractivity contribution in [2.45, 2.75) is 174 Å². The van der Waals surface area contributed by atoms with Crippen LogP contribution in [0.15, 0.2) is 0 Å². The van der Waals surface area contributed by atoms with E-state index in [0.717, 1.165) is 26.4 Å². The number of hydrogen-bond acceptors (Lipinski definition) is 3. The van der Waals surface area contributed by atoms with Crippen LogP contribution in [0, 0.1) is 0 Å². The molecule has 0 aliphatic carbocycles. The van der Waals surface area contributed by atoms with Gasteiger partial charge in [-0.1, -0.05) is 155 Å². The maximum absolute atomic E-state index is 6.19. The molecule has 0 radical (unpaired) electrons. The molecule has 0 unspecified atom stereocenters. The van der Waals surface area contributed by atoms with Crippen molar-refractivity contribution in [3.8, 4) is 0 Å². The number of ether oxygens (including phenoxy) is 2. The van der Waals surface area contributed by atoms with Crippen molar-refractivity contribution in [2.75, 3.05) is 40.5 Å². The number of unbranched alkanes of at least 4 members (excludes halogenated alkanes) is 22. The lowest BCUT2D eigenvalue weighted by atomic mass is 10.1. The first-order valence-electron chi connectivity index (χ1n) is 16.5. The zero-order valence-electron chi connectivity index (χ0n) is 25.6. The quantitative estimate of drug-likeness (QED) is 0.0864. The van der Waals surface area contributed by atoms with E-state index < -0.39 is 0 Å². The molecule has 218 valence electrons. The molecule has 0 aromatic heterocycles. The van der Waals surface area contributed by atoms with Crippen LogP contribution in [0.5, 0.6) is 0 Å². The Morgan fingerprint density at radius 3 is 1.14 bits per heavy atom.